The van der Waals surface area contributed by atoms with Gasteiger partial charge < -0.3 is 15.4 Å². The van der Waals surface area contributed by atoms with Gasteiger partial charge >= 0.3 is 0 Å². The summed E-state index contributed by atoms with van der Waals surface area (Å²) in [5.41, 5.74) is 7.09. The number of unbranched alkanes of at least 4 members (excludes halogenated alkanes) is 1. The van der Waals surface area contributed by atoms with E-state index in [1.165, 1.54) is 0 Å². The molecule has 1 rings (SSSR count). The first kappa shape index (κ1) is 20.0. The summed E-state index contributed by atoms with van der Waals surface area (Å²) in [7, 11) is 0. The molecule has 2 N–H and O–H groups in total. The van der Waals surface area contributed by atoms with E-state index in [4.69, 9.17) is 10.5 Å². The lowest BCUT2D eigenvalue weighted by atomic mass is 10.2. The number of hydrogen-bond donors (Lipinski definition) is 1. The van der Waals surface area contributed by atoms with Crippen LogP contribution < -0.4 is 10.5 Å². The zero-order chi connectivity index (χ0) is 14.8. The molecule has 0 heterocycles. The van der Waals surface area contributed by atoms with Crippen molar-refractivity contribution in [3.63, 3.8) is 0 Å². The number of rotatable bonds is 8. The number of nitrogens with two attached hydrogens (primary N) is 1. The predicted octanol–water partition coefficient (Wildman–Crippen LogP) is 3.64. The molecule has 0 atom stereocenters. The van der Waals surface area contributed by atoms with Crippen molar-refractivity contribution >= 4 is 29.9 Å². The van der Waals surface area contributed by atoms with Crippen molar-refractivity contribution in [2.75, 3.05) is 19.7 Å². The molecule has 0 fully saturated rings. The molecule has 0 saturated carbocycles. The van der Waals surface area contributed by atoms with Gasteiger partial charge in [-0.1, -0.05) is 25.5 Å². The summed E-state index contributed by atoms with van der Waals surface area (Å²) >= 11 is 0. The standard InChI is InChI=1S/C16H27N3O.HI/c1-4-7-11-20-15-10-8-9-14(12-15)13-18-16(17)19(5-2)6-3;/h8-10,12H,4-7,11,13H2,1-3H3,(H2,17,18);1H. The SMILES string of the molecule is CCCCOc1cccc(CN=C(N)N(CC)CC)c1.I. The summed E-state index contributed by atoms with van der Waals surface area (Å²) < 4.78 is 5.69. The van der Waals surface area contributed by atoms with E-state index in [9.17, 15) is 0 Å². The van der Waals surface area contributed by atoms with Crippen LogP contribution in [0.25, 0.3) is 0 Å². The number of aliphatic imine (C=N–C) groups is 1. The third-order valence-electron chi connectivity index (χ3n) is 3.18. The Morgan fingerprint density at radius 2 is 1.95 bits per heavy atom. The Morgan fingerprint density at radius 1 is 1.24 bits per heavy atom. The maximum absolute atomic E-state index is 5.97. The van der Waals surface area contributed by atoms with Gasteiger partial charge in [-0.3, -0.25) is 0 Å². The van der Waals surface area contributed by atoms with Crippen LogP contribution in [0.4, 0.5) is 0 Å². The first-order valence-electron chi connectivity index (χ1n) is 7.47. The van der Waals surface area contributed by atoms with E-state index in [1.807, 2.05) is 29.2 Å². The summed E-state index contributed by atoms with van der Waals surface area (Å²) in [6.45, 7) is 9.43. The lowest BCUT2D eigenvalue weighted by Crippen LogP contribution is -2.37. The predicted molar refractivity (Wildman–Crippen MR) is 101 cm³/mol. The van der Waals surface area contributed by atoms with Crippen LogP contribution >= 0.6 is 24.0 Å². The van der Waals surface area contributed by atoms with Crippen molar-refractivity contribution < 1.29 is 4.74 Å². The Hall–Kier alpha value is -0.980. The topological polar surface area (TPSA) is 50.9 Å². The van der Waals surface area contributed by atoms with Crippen LogP contribution in [-0.4, -0.2) is 30.6 Å². The van der Waals surface area contributed by atoms with E-state index < -0.39 is 0 Å². The zero-order valence-corrected chi connectivity index (χ0v) is 15.7. The first-order valence-corrected chi connectivity index (χ1v) is 7.47. The van der Waals surface area contributed by atoms with E-state index in [-0.39, 0.29) is 24.0 Å². The van der Waals surface area contributed by atoms with E-state index >= 15 is 0 Å². The van der Waals surface area contributed by atoms with Gasteiger partial charge in [0, 0.05) is 13.1 Å². The Bertz CT molecular complexity index is 420. The van der Waals surface area contributed by atoms with Crippen molar-refractivity contribution in [1.82, 2.24) is 4.90 Å². The van der Waals surface area contributed by atoms with Crippen LogP contribution in [-0.2, 0) is 6.54 Å². The molecule has 0 saturated heterocycles. The molecule has 120 valence electrons. The summed E-state index contributed by atoms with van der Waals surface area (Å²) in [6.07, 6.45) is 2.22. The van der Waals surface area contributed by atoms with Crippen LogP contribution in [0.3, 0.4) is 0 Å². The molecule has 1 aromatic rings. The molecule has 1 aromatic carbocycles. The third-order valence-corrected chi connectivity index (χ3v) is 3.18. The lowest BCUT2D eigenvalue weighted by Gasteiger charge is -2.19. The van der Waals surface area contributed by atoms with Gasteiger partial charge in [-0.2, -0.15) is 0 Å². The fourth-order valence-electron chi connectivity index (χ4n) is 1.89. The van der Waals surface area contributed by atoms with E-state index in [1.54, 1.807) is 0 Å². The van der Waals surface area contributed by atoms with Gasteiger partial charge in [-0.05, 0) is 38.0 Å². The largest absolute Gasteiger partial charge is 0.494 e. The molecule has 0 aliphatic heterocycles. The summed E-state index contributed by atoms with van der Waals surface area (Å²) in [5, 5.41) is 0. The Balaban J connectivity index is 0.00000400. The quantitative estimate of drug-likeness (QED) is 0.311. The number of halogens is 1. The highest BCUT2D eigenvalue weighted by Gasteiger charge is 2.02. The van der Waals surface area contributed by atoms with Crippen LogP contribution in [0.5, 0.6) is 5.75 Å². The maximum atomic E-state index is 5.97. The van der Waals surface area contributed by atoms with E-state index in [2.05, 4.69) is 25.8 Å². The van der Waals surface area contributed by atoms with Gasteiger partial charge in [0.25, 0.3) is 0 Å². The van der Waals surface area contributed by atoms with Crippen LogP contribution in [0, 0.1) is 0 Å². The lowest BCUT2D eigenvalue weighted by molar-refractivity contribution is 0.309. The van der Waals surface area contributed by atoms with Crippen molar-refractivity contribution in [2.24, 2.45) is 10.7 Å². The molecule has 0 aromatic heterocycles. The molecule has 4 nitrogen and oxygen atoms in total. The normalized spacial score (nSPS) is 10.9. The van der Waals surface area contributed by atoms with Crippen LogP contribution in [0.2, 0.25) is 0 Å². The summed E-state index contributed by atoms with van der Waals surface area (Å²) in [4.78, 5) is 6.48. The minimum absolute atomic E-state index is 0. The second kappa shape index (κ2) is 11.7. The Morgan fingerprint density at radius 3 is 2.57 bits per heavy atom. The monoisotopic (exact) mass is 405 g/mol. The Labute approximate surface area is 145 Å². The fourth-order valence-corrected chi connectivity index (χ4v) is 1.89. The second-order valence-corrected chi connectivity index (χ2v) is 4.70. The van der Waals surface area contributed by atoms with Gasteiger partial charge in [-0.15, -0.1) is 24.0 Å². The molecule has 0 aliphatic rings. The molecule has 0 spiro atoms. The van der Waals surface area contributed by atoms with Crippen molar-refractivity contribution in [1.29, 1.82) is 0 Å². The Kier molecular flexibility index (Phi) is 11.1. The highest BCUT2D eigenvalue weighted by atomic mass is 127. The van der Waals surface area contributed by atoms with Gasteiger partial charge in [0.2, 0.25) is 0 Å². The molecule has 21 heavy (non-hydrogen) atoms. The number of nitrogens with zero attached hydrogens (tertiary/aromatic N) is 2. The fraction of sp³-hybridized carbons (Fsp3) is 0.562. The highest BCUT2D eigenvalue weighted by molar-refractivity contribution is 14.0. The van der Waals surface area contributed by atoms with E-state index in [0.717, 1.165) is 43.9 Å². The van der Waals surface area contributed by atoms with Gasteiger partial charge in [-0.25, -0.2) is 4.99 Å². The molecular weight excluding hydrogens is 377 g/mol. The minimum Gasteiger partial charge on any atom is -0.494 e. The molecular formula is C16H28IN3O. The van der Waals surface area contributed by atoms with Crippen molar-refractivity contribution in [2.45, 2.75) is 40.2 Å². The molecule has 0 amide bonds. The van der Waals surface area contributed by atoms with Crippen molar-refractivity contribution in [3.8, 4) is 5.75 Å². The molecule has 5 heteroatoms. The highest BCUT2D eigenvalue weighted by Crippen LogP contribution is 2.14. The molecule has 0 aliphatic carbocycles. The number of hydrogen-bond acceptors (Lipinski definition) is 2. The smallest absolute Gasteiger partial charge is 0.191 e. The zero-order valence-electron chi connectivity index (χ0n) is 13.3. The number of guanidine groups is 1. The second-order valence-electron chi connectivity index (χ2n) is 4.70. The average molecular weight is 405 g/mol. The molecule has 0 radical (unpaired) electrons. The van der Waals surface area contributed by atoms with Gasteiger partial charge in [0.05, 0.1) is 13.2 Å². The number of benzene rings is 1. The maximum Gasteiger partial charge on any atom is 0.191 e. The van der Waals surface area contributed by atoms with Gasteiger partial charge in [0.1, 0.15) is 5.75 Å². The minimum atomic E-state index is 0. The van der Waals surface area contributed by atoms with Crippen LogP contribution in [0.15, 0.2) is 29.3 Å². The number of ether oxygens (including phenoxy) is 1. The van der Waals surface area contributed by atoms with E-state index in [0.29, 0.717) is 12.5 Å². The third kappa shape index (κ3) is 7.55. The van der Waals surface area contributed by atoms with Crippen LogP contribution in [0.1, 0.15) is 39.2 Å². The molecule has 0 bridgehead atoms. The summed E-state index contributed by atoms with van der Waals surface area (Å²) in [5.74, 6) is 1.51. The first-order chi connectivity index (χ1) is 9.71. The van der Waals surface area contributed by atoms with Gasteiger partial charge in [0.15, 0.2) is 5.96 Å². The molecule has 0 unspecified atom stereocenters. The van der Waals surface area contributed by atoms with Crippen molar-refractivity contribution in [3.05, 3.63) is 29.8 Å². The summed E-state index contributed by atoms with van der Waals surface area (Å²) in [6, 6.07) is 8.07. The average Bonchev–Trinajstić information content (AvgIpc) is 2.47.